The molecule has 0 bridgehead atoms. The third kappa shape index (κ3) is 5.40. The zero-order chi connectivity index (χ0) is 30.4. The molecule has 224 valence electrons. The van der Waals surface area contributed by atoms with E-state index in [9.17, 15) is 9.18 Å². The number of likely N-dealkylation sites (tertiary alicyclic amines) is 2. The predicted molar refractivity (Wildman–Crippen MR) is 166 cm³/mol. The molecule has 2 N–H and O–H groups in total. The topological polar surface area (TPSA) is 102 Å². The first-order chi connectivity index (χ1) is 21.4. The summed E-state index contributed by atoms with van der Waals surface area (Å²) in [6.45, 7) is 5.23. The van der Waals surface area contributed by atoms with Crippen LogP contribution in [0, 0.1) is 36.5 Å². The van der Waals surface area contributed by atoms with Gasteiger partial charge in [-0.05, 0) is 60.4 Å². The van der Waals surface area contributed by atoms with Crippen molar-refractivity contribution in [1.82, 2.24) is 29.3 Å². The molecule has 1 saturated carbocycles. The molecule has 44 heavy (non-hydrogen) atoms. The summed E-state index contributed by atoms with van der Waals surface area (Å²) in [6, 6.07) is 11.6. The van der Waals surface area contributed by atoms with Gasteiger partial charge in [0.1, 0.15) is 35.4 Å². The summed E-state index contributed by atoms with van der Waals surface area (Å²) in [4.78, 5) is 29.7. The average molecular weight is 592 g/mol. The number of benzene rings is 1. The molecule has 2 saturated heterocycles. The molecule has 5 heterocycles. The molecule has 7 rings (SSSR count). The molecular formula is C34H34FN7O2. The lowest BCUT2D eigenvalue weighted by molar-refractivity contribution is -0.125. The molecular weight excluding hydrogens is 557 g/mol. The minimum absolute atomic E-state index is 0.0236. The minimum atomic E-state index is -0.750. The van der Waals surface area contributed by atoms with E-state index < -0.39 is 6.17 Å². The van der Waals surface area contributed by atoms with Gasteiger partial charge in [0.05, 0.1) is 5.39 Å². The van der Waals surface area contributed by atoms with Crippen molar-refractivity contribution in [1.29, 1.82) is 0 Å². The number of nitrogens with zero attached hydrogens (tertiary/aromatic N) is 6. The number of alkyl halides is 1. The summed E-state index contributed by atoms with van der Waals surface area (Å²) in [5.74, 6) is 9.59. The van der Waals surface area contributed by atoms with Crippen LogP contribution in [-0.4, -0.2) is 74.1 Å². The number of carbonyl (C=O) groups excluding carboxylic acids is 1. The van der Waals surface area contributed by atoms with Crippen LogP contribution in [0.2, 0.25) is 0 Å². The van der Waals surface area contributed by atoms with E-state index in [1.807, 2.05) is 70.8 Å². The van der Waals surface area contributed by atoms with Crippen LogP contribution in [0.4, 0.5) is 10.2 Å². The van der Waals surface area contributed by atoms with E-state index in [0.29, 0.717) is 61.9 Å². The van der Waals surface area contributed by atoms with Crippen LogP contribution in [0.5, 0.6) is 11.6 Å². The number of amides is 1. The molecule has 2 unspecified atom stereocenters. The van der Waals surface area contributed by atoms with Gasteiger partial charge in [-0.15, -0.1) is 0 Å². The van der Waals surface area contributed by atoms with Crippen LogP contribution in [0.1, 0.15) is 17.7 Å². The number of rotatable bonds is 6. The first-order valence-electron chi connectivity index (χ1n) is 15.0. The van der Waals surface area contributed by atoms with Crippen molar-refractivity contribution < 1.29 is 13.9 Å². The standard InChI is InChI=1S/C34H34FN7O2/c1-21-11-13-37-29(16-21)44-24-7-5-22(6-8-24)31-28(40(2)34-32(31)33(36)38-20-39-34)10-9-25-26-18-42(19-27(25)26)30(43)4-3-14-41-15-12-23(35)17-41/h3-8,11,13,16,20,23,25-27H,12,14-15,17-19H2,1-2H3,(H2,36,38,39)/b4-3+/t23?,25?,26-,27+. The second kappa shape index (κ2) is 11.4. The molecule has 0 spiro atoms. The quantitative estimate of drug-likeness (QED) is 0.263. The third-order valence-corrected chi connectivity index (χ3v) is 8.95. The maximum atomic E-state index is 13.4. The monoisotopic (exact) mass is 591 g/mol. The van der Waals surface area contributed by atoms with Gasteiger partial charge >= 0.3 is 0 Å². The second-order valence-electron chi connectivity index (χ2n) is 12.0. The number of aryl methyl sites for hydroxylation is 2. The van der Waals surface area contributed by atoms with Gasteiger partial charge in [-0.3, -0.25) is 9.69 Å². The van der Waals surface area contributed by atoms with Crippen molar-refractivity contribution in [3.8, 4) is 34.6 Å². The zero-order valence-electron chi connectivity index (χ0n) is 24.8. The van der Waals surface area contributed by atoms with Gasteiger partial charge in [-0.2, -0.15) is 0 Å². The Morgan fingerprint density at radius 2 is 1.93 bits per heavy atom. The number of anilines is 1. The molecule has 3 aliphatic rings. The SMILES string of the molecule is Cc1ccnc(Oc2ccc(-c3c(C#CC4[C@H]5CN(C(=O)/C=C/CN6CCC(F)C6)C[C@@H]45)n(C)c4ncnc(N)c34)cc2)c1. The van der Waals surface area contributed by atoms with E-state index in [1.165, 1.54) is 6.33 Å². The molecule has 3 aromatic heterocycles. The van der Waals surface area contributed by atoms with Crippen molar-refractivity contribution in [3.63, 3.8) is 0 Å². The first kappa shape index (κ1) is 28.0. The molecule has 3 fully saturated rings. The molecule has 1 aliphatic carbocycles. The van der Waals surface area contributed by atoms with E-state index in [2.05, 4.69) is 26.8 Å². The molecule has 4 aromatic rings. The number of hydrogen-bond donors (Lipinski definition) is 1. The Balaban J connectivity index is 1.08. The molecule has 2 aliphatic heterocycles. The van der Waals surface area contributed by atoms with Gasteiger partial charge in [0.25, 0.3) is 0 Å². The van der Waals surface area contributed by atoms with Crippen LogP contribution >= 0.6 is 0 Å². The van der Waals surface area contributed by atoms with Crippen molar-refractivity contribution in [2.24, 2.45) is 24.8 Å². The van der Waals surface area contributed by atoms with E-state index >= 15 is 0 Å². The van der Waals surface area contributed by atoms with Crippen LogP contribution in [-0.2, 0) is 11.8 Å². The van der Waals surface area contributed by atoms with Gasteiger partial charge in [0.15, 0.2) is 0 Å². The van der Waals surface area contributed by atoms with Gasteiger partial charge in [-0.25, -0.2) is 19.3 Å². The van der Waals surface area contributed by atoms with E-state index in [0.717, 1.165) is 40.0 Å². The Hall–Kier alpha value is -4.75. The van der Waals surface area contributed by atoms with E-state index in [1.54, 1.807) is 12.3 Å². The Morgan fingerprint density at radius 3 is 2.66 bits per heavy atom. The summed E-state index contributed by atoms with van der Waals surface area (Å²) in [5, 5.41) is 0.767. The average Bonchev–Trinajstić information content (AvgIpc) is 3.34. The molecule has 9 nitrogen and oxygen atoms in total. The Morgan fingerprint density at radius 1 is 1.14 bits per heavy atom. The highest BCUT2D eigenvalue weighted by molar-refractivity contribution is 6.03. The molecule has 4 atom stereocenters. The first-order valence-corrected chi connectivity index (χ1v) is 15.0. The zero-order valence-corrected chi connectivity index (χ0v) is 24.8. The number of carbonyl (C=O) groups is 1. The summed E-state index contributed by atoms with van der Waals surface area (Å²) in [7, 11) is 1.94. The lowest BCUT2D eigenvalue weighted by Crippen LogP contribution is -2.30. The summed E-state index contributed by atoms with van der Waals surface area (Å²) < 4.78 is 21.3. The number of aromatic nitrogens is 4. The Bertz CT molecular complexity index is 1810. The highest BCUT2D eigenvalue weighted by Gasteiger charge is 2.55. The van der Waals surface area contributed by atoms with Crippen LogP contribution in [0.15, 0.2) is 61.1 Å². The smallest absolute Gasteiger partial charge is 0.246 e. The number of nitrogen functional groups attached to an aromatic ring is 1. The fourth-order valence-electron chi connectivity index (χ4n) is 6.51. The Kier molecular flexibility index (Phi) is 7.26. The van der Waals surface area contributed by atoms with Gasteiger partial charge in [0, 0.05) is 69.6 Å². The highest BCUT2D eigenvalue weighted by atomic mass is 19.1. The largest absolute Gasteiger partial charge is 0.439 e. The third-order valence-electron chi connectivity index (χ3n) is 8.95. The van der Waals surface area contributed by atoms with Crippen LogP contribution in [0.25, 0.3) is 22.2 Å². The van der Waals surface area contributed by atoms with E-state index in [4.69, 9.17) is 10.5 Å². The summed E-state index contributed by atoms with van der Waals surface area (Å²) in [5.41, 5.74) is 10.8. The lowest BCUT2D eigenvalue weighted by Gasteiger charge is -2.17. The number of pyridine rings is 1. The van der Waals surface area contributed by atoms with Crippen LogP contribution < -0.4 is 10.5 Å². The van der Waals surface area contributed by atoms with Crippen molar-refractivity contribution >= 4 is 22.8 Å². The summed E-state index contributed by atoms with van der Waals surface area (Å²) in [6.07, 6.45) is 6.52. The normalized spacial score (nSPS) is 22.8. The Labute approximate surface area is 255 Å². The van der Waals surface area contributed by atoms with Gasteiger partial charge < -0.3 is 19.9 Å². The van der Waals surface area contributed by atoms with Gasteiger partial charge in [-0.1, -0.05) is 24.1 Å². The maximum absolute atomic E-state index is 13.4. The molecule has 1 amide bonds. The second-order valence-corrected chi connectivity index (χ2v) is 12.0. The minimum Gasteiger partial charge on any atom is -0.439 e. The lowest BCUT2D eigenvalue weighted by atomic mass is 10.0. The van der Waals surface area contributed by atoms with Gasteiger partial charge in [0.2, 0.25) is 11.8 Å². The maximum Gasteiger partial charge on any atom is 0.246 e. The summed E-state index contributed by atoms with van der Waals surface area (Å²) >= 11 is 0. The predicted octanol–water partition coefficient (Wildman–Crippen LogP) is 4.37. The fraction of sp³-hybridized carbons (Fsp3) is 0.353. The molecule has 10 heteroatoms. The van der Waals surface area contributed by atoms with Crippen molar-refractivity contribution in [2.45, 2.75) is 19.5 Å². The number of piperidine rings is 1. The van der Waals surface area contributed by atoms with Crippen molar-refractivity contribution in [3.05, 3.63) is 72.3 Å². The number of halogens is 1. The van der Waals surface area contributed by atoms with E-state index in [-0.39, 0.29) is 11.8 Å². The number of ether oxygens (including phenoxy) is 1. The highest BCUT2D eigenvalue weighted by Crippen LogP contribution is 2.51. The molecule has 1 aromatic carbocycles. The number of hydrogen-bond acceptors (Lipinski definition) is 7. The number of fused-ring (bicyclic) bond motifs is 2. The number of nitrogens with two attached hydrogens (primary N) is 1. The van der Waals surface area contributed by atoms with Crippen LogP contribution in [0.3, 0.4) is 0 Å². The fourth-order valence-corrected chi connectivity index (χ4v) is 6.51. The van der Waals surface area contributed by atoms with Crippen molar-refractivity contribution in [2.75, 3.05) is 38.5 Å². The molecule has 0 radical (unpaired) electrons.